The van der Waals surface area contributed by atoms with Crippen molar-refractivity contribution >= 4 is 10.4 Å². The highest BCUT2D eigenvalue weighted by Crippen LogP contribution is 2.35. The Bertz CT molecular complexity index is 709. The maximum Gasteiger partial charge on any atom is 0.217 e. The molecule has 0 aromatic heterocycles. The van der Waals surface area contributed by atoms with Crippen molar-refractivity contribution < 1.29 is 21.6 Å². The Morgan fingerprint density at radius 1 is 1.07 bits per heavy atom. The van der Waals surface area contributed by atoms with E-state index in [9.17, 15) is 13.0 Å². The van der Waals surface area contributed by atoms with E-state index < -0.39 is 10.4 Å². The lowest BCUT2D eigenvalue weighted by Crippen LogP contribution is -2.48. The molecule has 0 N–H and O–H groups in total. The van der Waals surface area contributed by atoms with Crippen molar-refractivity contribution in [2.75, 3.05) is 33.8 Å². The highest BCUT2D eigenvalue weighted by Gasteiger charge is 2.27. The molecule has 6 heteroatoms. The van der Waals surface area contributed by atoms with Gasteiger partial charge in [0.15, 0.2) is 0 Å². The fourth-order valence-electron chi connectivity index (χ4n) is 4.37. The first-order valence-electron chi connectivity index (χ1n) is 10.4. The topological polar surface area (TPSA) is 66.4 Å². The number of rotatable bonds is 6. The summed E-state index contributed by atoms with van der Waals surface area (Å²) < 4.78 is 32.3. The zero-order valence-corrected chi connectivity index (χ0v) is 18.1. The Labute approximate surface area is 170 Å². The molecule has 0 unspecified atom stereocenters. The fraction of sp³-hybridized carbons (Fsp3) is 0.636. The molecule has 5 nitrogen and oxygen atoms in total. The smallest absolute Gasteiger partial charge is 0.217 e. The van der Waals surface area contributed by atoms with Crippen molar-refractivity contribution in [1.82, 2.24) is 0 Å². The fourth-order valence-corrected chi connectivity index (χ4v) is 4.37. The Hall–Kier alpha value is -1.21. The zero-order valence-electron chi connectivity index (χ0n) is 17.3. The van der Waals surface area contributed by atoms with Crippen LogP contribution in [0.25, 0.3) is 0 Å². The van der Waals surface area contributed by atoms with Gasteiger partial charge in [-0.15, -0.1) is 0 Å². The monoisotopic (exact) mass is 409 g/mol. The van der Waals surface area contributed by atoms with Crippen LogP contribution >= 0.6 is 0 Å². The summed E-state index contributed by atoms with van der Waals surface area (Å²) in [6.45, 7) is 4.12. The summed E-state index contributed by atoms with van der Waals surface area (Å²) >= 11 is 0. The number of allylic oxidation sites excluding steroid dienone is 2. The molecule has 0 amide bonds. The third kappa shape index (κ3) is 8.03. The predicted molar refractivity (Wildman–Crippen MR) is 112 cm³/mol. The van der Waals surface area contributed by atoms with Crippen molar-refractivity contribution in [2.45, 2.75) is 57.3 Å². The molecule has 1 aromatic carbocycles. The summed E-state index contributed by atoms with van der Waals surface area (Å²) in [5.41, 5.74) is 3.26. The number of hydrogen-bond acceptors (Lipinski definition) is 4. The Morgan fingerprint density at radius 2 is 1.71 bits per heavy atom. The van der Waals surface area contributed by atoms with Gasteiger partial charge in [0.1, 0.15) is 0 Å². The first-order chi connectivity index (χ1) is 13.3. The summed E-state index contributed by atoms with van der Waals surface area (Å²) in [5.74, 6) is 0.665. The van der Waals surface area contributed by atoms with Gasteiger partial charge in [0, 0.05) is 12.3 Å². The molecule has 1 aliphatic heterocycles. The Balaban J connectivity index is 0.000000409. The second-order valence-corrected chi connectivity index (χ2v) is 9.35. The second kappa shape index (κ2) is 11.1. The maximum absolute atomic E-state index is 9.22. The lowest BCUT2D eigenvalue weighted by Gasteiger charge is -2.39. The van der Waals surface area contributed by atoms with Crippen LogP contribution in [0.3, 0.4) is 0 Å². The molecule has 3 rings (SSSR count). The van der Waals surface area contributed by atoms with Gasteiger partial charge in [-0.25, -0.2) is 8.42 Å². The van der Waals surface area contributed by atoms with Crippen molar-refractivity contribution in [2.24, 2.45) is 0 Å². The molecule has 1 heterocycles. The largest absolute Gasteiger partial charge is 0.726 e. The van der Waals surface area contributed by atoms with Gasteiger partial charge in [-0.05, 0) is 50.5 Å². The first-order valence-corrected chi connectivity index (χ1v) is 11.8. The van der Waals surface area contributed by atoms with Crippen LogP contribution in [0.1, 0.15) is 62.8 Å². The molecule has 158 valence electrons. The zero-order chi connectivity index (χ0) is 20.5. The van der Waals surface area contributed by atoms with Crippen molar-refractivity contribution in [3.8, 4) is 0 Å². The summed E-state index contributed by atoms with van der Waals surface area (Å²) in [4.78, 5) is 0. The van der Waals surface area contributed by atoms with Gasteiger partial charge in [-0.1, -0.05) is 42.0 Å². The lowest BCUT2D eigenvalue weighted by atomic mass is 9.82. The van der Waals surface area contributed by atoms with Crippen LogP contribution in [0.4, 0.5) is 0 Å². The van der Waals surface area contributed by atoms with E-state index >= 15 is 0 Å². The molecule has 2 aliphatic rings. The van der Waals surface area contributed by atoms with Crippen LogP contribution in [0.5, 0.6) is 0 Å². The number of hydrogen-bond donors (Lipinski definition) is 0. The molecule has 1 aromatic rings. The van der Waals surface area contributed by atoms with E-state index in [4.69, 9.17) is 0 Å². The number of likely N-dealkylation sites (tertiary alicyclic amines) is 1. The minimum absolute atomic E-state index is 0.665. The van der Waals surface area contributed by atoms with Gasteiger partial charge in [0.25, 0.3) is 0 Å². The van der Waals surface area contributed by atoms with E-state index in [1.165, 1.54) is 75.5 Å². The van der Waals surface area contributed by atoms with Crippen LogP contribution in [-0.2, 0) is 14.6 Å². The molecule has 0 bridgehead atoms. The van der Waals surface area contributed by atoms with Crippen LogP contribution in [0, 0.1) is 0 Å². The van der Waals surface area contributed by atoms with Crippen molar-refractivity contribution in [3.63, 3.8) is 0 Å². The average Bonchev–Trinajstić information content (AvgIpc) is 2.70. The van der Waals surface area contributed by atoms with Gasteiger partial charge in [-0.2, -0.15) is 0 Å². The predicted octanol–water partition coefficient (Wildman–Crippen LogP) is 4.38. The maximum atomic E-state index is 9.22. The van der Waals surface area contributed by atoms with Gasteiger partial charge in [-0.3, -0.25) is 4.18 Å². The van der Waals surface area contributed by atoms with Crippen LogP contribution in [-0.4, -0.2) is 51.2 Å². The molecule has 1 aliphatic carbocycles. The second-order valence-electron chi connectivity index (χ2n) is 8.20. The molecule has 0 saturated carbocycles. The van der Waals surface area contributed by atoms with Crippen LogP contribution in [0.15, 0.2) is 42.0 Å². The minimum atomic E-state index is -4.41. The molecule has 1 atom stereocenters. The highest BCUT2D eigenvalue weighted by atomic mass is 32.3. The molecule has 1 saturated heterocycles. The molecule has 0 radical (unpaired) electrons. The summed E-state index contributed by atoms with van der Waals surface area (Å²) in [7, 11) is -1.12. The quantitative estimate of drug-likeness (QED) is 0.303. The molecule has 0 spiro atoms. The van der Waals surface area contributed by atoms with E-state index in [0.29, 0.717) is 5.92 Å². The average molecular weight is 410 g/mol. The van der Waals surface area contributed by atoms with Crippen LogP contribution < -0.4 is 0 Å². The van der Waals surface area contributed by atoms with Crippen molar-refractivity contribution in [1.29, 1.82) is 0 Å². The number of nitrogens with zero attached hydrogens (tertiary/aromatic N) is 1. The summed E-state index contributed by atoms with van der Waals surface area (Å²) in [5, 5.41) is 0. The van der Waals surface area contributed by atoms with Gasteiger partial charge < -0.3 is 9.04 Å². The van der Waals surface area contributed by atoms with E-state index in [2.05, 4.69) is 47.6 Å². The lowest BCUT2D eigenvalue weighted by molar-refractivity contribution is -0.914. The third-order valence-electron chi connectivity index (χ3n) is 6.03. The molecule has 1 fully saturated rings. The highest BCUT2D eigenvalue weighted by molar-refractivity contribution is 7.80. The summed E-state index contributed by atoms with van der Waals surface area (Å²) in [6, 6.07) is 11.3. The molecular formula is C22H35NO4S. The van der Waals surface area contributed by atoms with Gasteiger partial charge in [0.05, 0.1) is 33.8 Å². The number of benzene rings is 1. The Morgan fingerprint density at radius 3 is 2.25 bits per heavy atom. The number of piperidine rings is 1. The van der Waals surface area contributed by atoms with Gasteiger partial charge >= 0.3 is 0 Å². The third-order valence-corrected chi connectivity index (χ3v) is 6.44. The minimum Gasteiger partial charge on any atom is -0.726 e. The van der Waals surface area contributed by atoms with Gasteiger partial charge in [0.2, 0.25) is 10.4 Å². The Kier molecular flexibility index (Phi) is 9.15. The SMILES string of the molecule is COS(=O)(=O)[O-].C[N+]1(CC[C@@H](C2=CCCCC2)c2ccccc2)CCCCC1. The van der Waals surface area contributed by atoms with Crippen molar-refractivity contribution in [3.05, 3.63) is 47.5 Å². The van der Waals surface area contributed by atoms with Crippen LogP contribution in [0.2, 0.25) is 0 Å². The first kappa shape index (κ1) is 23.1. The number of quaternary nitrogens is 1. The van der Waals surface area contributed by atoms with E-state index in [-0.39, 0.29) is 0 Å². The van der Waals surface area contributed by atoms with E-state index in [1.54, 1.807) is 11.1 Å². The molecule has 28 heavy (non-hydrogen) atoms. The van der Waals surface area contributed by atoms with E-state index in [1.807, 2.05) is 0 Å². The normalized spacial score (nSPS) is 20.5. The molecular weight excluding hydrogens is 374 g/mol. The standard InChI is InChI=1S/C21H32N.CH4O4S/c1-22(16-9-4-10-17-22)18-15-21(19-11-5-2-6-12-19)20-13-7-3-8-14-20;1-5-6(2,3)4/h2,5-6,11-13,21H,3-4,7-10,14-18H2,1H3;1H3,(H,2,3,4)/q+1;/p-1/t21-;/m1./s1. The van der Waals surface area contributed by atoms with E-state index in [0.717, 1.165) is 7.11 Å². The summed E-state index contributed by atoms with van der Waals surface area (Å²) in [6.07, 6.45) is 13.6.